The lowest BCUT2D eigenvalue weighted by atomic mass is 10.1. The van der Waals surface area contributed by atoms with E-state index in [0.29, 0.717) is 6.04 Å². The molecule has 1 aromatic carbocycles. The van der Waals surface area contributed by atoms with Crippen molar-refractivity contribution in [2.24, 2.45) is 0 Å². The van der Waals surface area contributed by atoms with Gasteiger partial charge in [-0.3, -0.25) is 4.79 Å². The maximum atomic E-state index is 12.9. The van der Waals surface area contributed by atoms with Crippen LogP contribution in [-0.4, -0.2) is 32.5 Å². The maximum absolute atomic E-state index is 12.9. The summed E-state index contributed by atoms with van der Waals surface area (Å²) in [5.74, 6) is 0.190. The molecule has 1 amide bonds. The van der Waals surface area contributed by atoms with Crippen molar-refractivity contribution < 1.29 is 4.79 Å². The van der Waals surface area contributed by atoms with Gasteiger partial charge in [0.15, 0.2) is 5.16 Å². The number of thioether (sulfide) groups is 1. The molecule has 0 spiro atoms. The van der Waals surface area contributed by atoms with E-state index in [0.717, 1.165) is 30.2 Å². The zero-order valence-electron chi connectivity index (χ0n) is 13.2. The smallest absolute Gasteiger partial charge is 0.240 e. The van der Waals surface area contributed by atoms with E-state index >= 15 is 0 Å². The Morgan fingerprint density at radius 1 is 1.17 bits per heavy atom. The molecule has 1 saturated heterocycles. The molecule has 120 valence electrons. The zero-order valence-corrected chi connectivity index (χ0v) is 14.0. The Morgan fingerprint density at radius 3 is 2.70 bits per heavy atom. The lowest BCUT2D eigenvalue weighted by molar-refractivity contribution is -0.119. The molecule has 2 fully saturated rings. The largest absolute Gasteiger partial charge is 0.311 e. The van der Waals surface area contributed by atoms with Gasteiger partial charge in [0.05, 0.1) is 5.25 Å². The molecule has 2 aliphatic rings. The van der Waals surface area contributed by atoms with Gasteiger partial charge < -0.3 is 9.47 Å². The zero-order chi connectivity index (χ0) is 15.8. The van der Waals surface area contributed by atoms with Crippen LogP contribution in [0.3, 0.4) is 0 Å². The minimum atomic E-state index is -0.0632. The summed E-state index contributed by atoms with van der Waals surface area (Å²) in [4.78, 5) is 14.8. The van der Waals surface area contributed by atoms with Crippen LogP contribution in [0.4, 0.5) is 5.69 Å². The van der Waals surface area contributed by atoms with E-state index in [-0.39, 0.29) is 11.2 Å². The van der Waals surface area contributed by atoms with Crippen LogP contribution in [0.15, 0.2) is 35.7 Å². The molecule has 1 aliphatic carbocycles. The van der Waals surface area contributed by atoms with E-state index in [1.54, 1.807) is 18.1 Å². The lowest BCUT2D eigenvalue weighted by Gasteiger charge is -2.31. The highest BCUT2D eigenvalue weighted by Crippen LogP contribution is 2.39. The number of aryl methyl sites for hydroxylation is 1. The molecule has 1 aliphatic heterocycles. The van der Waals surface area contributed by atoms with Crippen LogP contribution in [-0.2, 0) is 4.79 Å². The number of anilines is 1. The number of hydrogen-bond acceptors (Lipinski definition) is 4. The molecule has 0 N–H and O–H groups in total. The van der Waals surface area contributed by atoms with E-state index in [9.17, 15) is 4.79 Å². The van der Waals surface area contributed by atoms with Gasteiger partial charge in [0, 0.05) is 18.3 Å². The minimum Gasteiger partial charge on any atom is -0.311 e. The average molecular weight is 328 g/mol. The predicted molar refractivity (Wildman–Crippen MR) is 90.7 cm³/mol. The number of benzene rings is 1. The second-order valence-corrected chi connectivity index (χ2v) is 7.50. The molecule has 1 aromatic heterocycles. The van der Waals surface area contributed by atoms with Crippen molar-refractivity contribution in [2.75, 3.05) is 11.4 Å². The molecule has 2 aromatic rings. The van der Waals surface area contributed by atoms with Gasteiger partial charge >= 0.3 is 0 Å². The van der Waals surface area contributed by atoms with Crippen molar-refractivity contribution in [2.45, 2.75) is 49.1 Å². The van der Waals surface area contributed by atoms with E-state index < -0.39 is 0 Å². The van der Waals surface area contributed by atoms with E-state index in [1.807, 2.05) is 17.0 Å². The summed E-state index contributed by atoms with van der Waals surface area (Å²) in [5, 5.41) is 9.07. The molecule has 4 rings (SSSR count). The van der Waals surface area contributed by atoms with Crippen LogP contribution in [0.25, 0.3) is 0 Å². The van der Waals surface area contributed by atoms with Crippen LogP contribution < -0.4 is 4.90 Å². The molecule has 6 heteroatoms. The van der Waals surface area contributed by atoms with Crippen molar-refractivity contribution in [1.29, 1.82) is 0 Å². The van der Waals surface area contributed by atoms with Crippen molar-refractivity contribution in [3.63, 3.8) is 0 Å². The number of carbonyl (C=O) groups excluding carboxylic acids is 1. The Hall–Kier alpha value is -1.82. The predicted octanol–water partition coefficient (Wildman–Crippen LogP) is 3.21. The number of amides is 1. The third-order valence-electron chi connectivity index (χ3n) is 4.46. The molecular formula is C17H20N4OS. The van der Waals surface area contributed by atoms with Gasteiger partial charge in [0.25, 0.3) is 0 Å². The molecule has 1 saturated carbocycles. The van der Waals surface area contributed by atoms with E-state index in [4.69, 9.17) is 0 Å². The number of hydrogen-bond donors (Lipinski definition) is 0. The Kier molecular flexibility index (Phi) is 3.85. The second-order valence-electron chi connectivity index (χ2n) is 6.33. The summed E-state index contributed by atoms with van der Waals surface area (Å²) in [7, 11) is 0. The SMILES string of the molecule is Cc1ccc(N2CCCC(Sc3nncn3C3CC3)C2=O)cc1. The second kappa shape index (κ2) is 6.00. The molecule has 2 heterocycles. The monoisotopic (exact) mass is 328 g/mol. The molecule has 0 bridgehead atoms. The van der Waals surface area contributed by atoms with Gasteiger partial charge in [0.2, 0.25) is 5.91 Å². The fourth-order valence-electron chi connectivity index (χ4n) is 2.98. The highest BCUT2D eigenvalue weighted by molar-refractivity contribution is 8.00. The van der Waals surface area contributed by atoms with Crippen LogP contribution in [0.5, 0.6) is 0 Å². The molecule has 23 heavy (non-hydrogen) atoms. The summed E-state index contributed by atoms with van der Waals surface area (Å²) >= 11 is 1.57. The van der Waals surface area contributed by atoms with Gasteiger partial charge in [-0.05, 0) is 44.7 Å². The Balaban J connectivity index is 1.51. The first-order valence-electron chi connectivity index (χ1n) is 8.16. The van der Waals surface area contributed by atoms with Gasteiger partial charge in [-0.25, -0.2) is 0 Å². The van der Waals surface area contributed by atoms with Gasteiger partial charge in [-0.15, -0.1) is 10.2 Å². The summed E-state index contributed by atoms with van der Waals surface area (Å²) in [6, 6.07) is 8.73. The highest BCUT2D eigenvalue weighted by atomic mass is 32.2. The quantitative estimate of drug-likeness (QED) is 0.865. The van der Waals surface area contributed by atoms with E-state index in [1.165, 1.54) is 18.4 Å². The highest BCUT2D eigenvalue weighted by Gasteiger charge is 2.33. The molecule has 1 atom stereocenters. The molecule has 5 nitrogen and oxygen atoms in total. The van der Waals surface area contributed by atoms with Crippen molar-refractivity contribution >= 4 is 23.4 Å². The Labute approximate surface area is 140 Å². The summed E-state index contributed by atoms with van der Waals surface area (Å²) in [6.45, 7) is 2.86. The first kappa shape index (κ1) is 14.8. The number of nitrogens with zero attached hydrogens (tertiary/aromatic N) is 4. The molecular weight excluding hydrogens is 308 g/mol. The normalized spacial score (nSPS) is 21.7. The average Bonchev–Trinajstić information content (AvgIpc) is 3.30. The van der Waals surface area contributed by atoms with Crippen LogP contribution in [0.1, 0.15) is 37.3 Å². The number of piperidine rings is 1. The lowest BCUT2D eigenvalue weighted by Crippen LogP contribution is -2.43. The van der Waals surface area contributed by atoms with Crippen LogP contribution in [0, 0.1) is 6.92 Å². The fraction of sp³-hybridized carbons (Fsp3) is 0.471. The third kappa shape index (κ3) is 3.00. The topological polar surface area (TPSA) is 51.0 Å². The first-order valence-corrected chi connectivity index (χ1v) is 9.04. The van der Waals surface area contributed by atoms with Gasteiger partial charge in [-0.2, -0.15) is 0 Å². The molecule has 1 unspecified atom stereocenters. The summed E-state index contributed by atoms with van der Waals surface area (Å²) < 4.78 is 2.13. The Morgan fingerprint density at radius 2 is 1.96 bits per heavy atom. The van der Waals surface area contributed by atoms with E-state index in [2.05, 4.69) is 33.8 Å². The van der Waals surface area contributed by atoms with Crippen molar-refractivity contribution in [3.8, 4) is 0 Å². The van der Waals surface area contributed by atoms with Crippen LogP contribution in [0.2, 0.25) is 0 Å². The third-order valence-corrected chi connectivity index (χ3v) is 5.69. The summed E-state index contributed by atoms with van der Waals surface area (Å²) in [5.41, 5.74) is 2.20. The first-order chi connectivity index (χ1) is 11.2. The number of rotatable bonds is 4. The number of carbonyl (C=O) groups is 1. The fourth-order valence-corrected chi connectivity index (χ4v) is 4.16. The van der Waals surface area contributed by atoms with Gasteiger partial charge in [0.1, 0.15) is 6.33 Å². The van der Waals surface area contributed by atoms with Crippen molar-refractivity contribution in [1.82, 2.24) is 14.8 Å². The number of aromatic nitrogens is 3. The Bertz CT molecular complexity index is 708. The standard InChI is InChI=1S/C17H20N4OS/c1-12-4-6-13(7-5-12)20-10-2-3-15(16(20)22)23-17-19-18-11-21(17)14-8-9-14/h4-7,11,14-15H,2-3,8-10H2,1H3. The minimum absolute atomic E-state index is 0.0632. The summed E-state index contributed by atoms with van der Waals surface area (Å²) in [6.07, 6.45) is 6.11. The molecule has 0 radical (unpaired) electrons. The van der Waals surface area contributed by atoms with Crippen LogP contribution >= 0.6 is 11.8 Å². The van der Waals surface area contributed by atoms with Gasteiger partial charge in [-0.1, -0.05) is 29.5 Å². The van der Waals surface area contributed by atoms with Crippen molar-refractivity contribution in [3.05, 3.63) is 36.2 Å². The maximum Gasteiger partial charge on any atom is 0.240 e.